The molecule has 1 aliphatic rings. The lowest BCUT2D eigenvalue weighted by molar-refractivity contribution is 0.0602. The smallest absolute Gasteiger partial charge is 0.340 e. The molecule has 1 fully saturated rings. The molecule has 19 heavy (non-hydrogen) atoms. The summed E-state index contributed by atoms with van der Waals surface area (Å²) in [4.78, 5) is 14.0. The van der Waals surface area contributed by atoms with Gasteiger partial charge in [-0.05, 0) is 18.2 Å². The minimum atomic E-state index is -0.383. The molecule has 0 aliphatic carbocycles. The number of carbonyl (C=O) groups excluding carboxylic acids is 1. The third-order valence-corrected chi connectivity index (χ3v) is 4.45. The van der Waals surface area contributed by atoms with E-state index in [2.05, 4.69) is 18.7 Å². The van der Waals surface area contributed by atoms with E-state index >= 15 is 0 Å². The van der Waals surface area contributed by atoms with Crippen LogP contribution in [0.3, 0.4) is 0 Å². The van der Waals surface area contributed by atoms with Crippen LogP contribution in [-0.2, 0) is 4.74 Å². The van der Waals surface area contributed by atoms with E-state index in [0.717, 1.165) is 18.8 Å². The molecule has 1 heterocycles. The van der Waals surface area contributed by atoms with Gasteiger partial charge in [0.15, 0.2) is 0 Å². The Bertz CT molecular complexity index is 469. The van der Waals surface area contributed by atoms with Crippen molar-refractivity contribution in [3.05, 3.63) is 23.8 Å². The van der Waals surface area contributed by atoms with Crippen LogP contribution in [0.15, 0.2) is 18.2 Å². The number of hydrogen-bond donors (Lipinski definition) is 1. The van der Waals surface area contributed by atoms with Crippen LogP contribution in [0.2, 0.25) is 0 Å². The highest BCUT2D eigenvalue weighted by Gasteiger charge is 2.23. The van der Waals surface area contributed by atoms with Gasteiger partial charge in [0.1, 0.15) is 0 Å². The van der Waals surface area contributed by atoms with E-state index in [0.29, 0.717) is 21.8 Å². The quantitative estimate of drug-likeness (QED) is 0.666. The Morgan fingerprint density at radius 3 is 2.58 bits per heavy atom. The van der Waals surface area contributed by atoms with Crippen molar-refractivity contribution in [2.24, 2.45) is 0 Å². The number of ether oxygens (including phenoxy) is 1. The molecule has 1 saturated heterocycles. The van der Waals surface area contributed by atoms with Crippen LogP contribution in [0, 0.1) is 0 Å². The summed E-state index contributed by atoms with van der Waals surface area (Å²) in [5.74, 6) is -0.383. The zero-order chi connectivity index (χ0) is 14.0. The van der Waals surface area contributed by atoms with Crippen LogP contribution in [0.25, 0.3) is 0 Å². The second kappa shape index (κ2) is 5.74. The molecule has 4 nitrogen and oxygen atoms in total. The first kappa shape index (κ1) is 14.1. The zero-order valence-electron chi connectivity index (χ0n) is 11.6. The number of thioether (sulfide) groups is 1. The maximum atomic E-state index is 11.7. The molecule has 2 atom stereocenters. The Kier molecular flexibility index (Phi) is 4.24. The third kappa shape index (κ3) is 3.15. The fourth-order valence-electron chi connectivity index (χ4n) is 2.42. The van der Waals surface area contributed by atoms with Crippen molar-refractivity contribution in [1.82, 2.24) is 0 Å². The van der Waals surface area contributed by atoms with Crippen molar-refractivity contribution in [1.29, 1.82) is 0 Å². The molecule has 0 amide bonds. The van der Waals surface area contributed by atoms with Crippen LogP contribution in [0.5, 0.6) is 0 Å². The summed E-state index contributed by atoms with van der Waals surface area (Å²) in [5, 5.41) is 1.17. The van der Waals surface area contributed by atoms with E-state index in [-0.39, 0.29) is 5.97 Å². The van der Waals surface area contributed by atoms with Gasteiger partial charge in [0, 0.05) is 35.0 Å². The summed E-state index contributed by atoms with van der Waals surface area (Å²) in [6.45, 7) is 6.43. The molecule has 5 heteroatoms. The average Bonchev–Trinajstić information content (AvgIpc) is 2.37. The van der Waals surface area contributed by atoms with Gasteiger partial charge in [-0.3, -0.25) is 0 Å². The highest BCUT2D eigenvalue weighted by Crippen LogP contribution is 2.30. The number of esters is 1. The fraction of sp³-hybridized carbons (Fsp3) is 0.500. The Hall–Kier alpha value is -1.36. The van der Waals surface area contributed by atoms with E-state index in [1.54, 1.807) is 6.07 Å². The topological polar surface area (TPSA) is 55.6 Å². The zero-order valence-corrected chi connectivity index (χ0v) is 12.4. The molecule has 1 aliphatic heterocycles. The lowest BCUT2D eigenvalue weighted by atomic mass is 10.1. The molecule has 104 valence electrons. The van der Waals surface area contributed by atoms with Crippen LogP contribution in [-0.4, -0.2) is 36.7 Å². The maximum absolute atomic E-state index is 11.7. The lowest BCUT2D eigenvalue weighted by Crippen LogP contribution is -2.40. The second-order valence-electron chi connectivity index (χ2n) is 4.93. The van der Waals surface area contributed by atoms with Gasteiger partial charge in [-0.2, -0.15) is 11.8 Å². The van der Waals surface area contributed by atoms with Crippen molar-refractivity contribution in [2.75, 3.05) is 30.8 Å². The van der Waals surface area contributed by atoms with E-state index in [9.17, 15) is 4.79 Å². The number of nitrogens with zero attached hydrogens (tertiary/aromatic N) is 1. The number of nitrogens with two attached hydrogens (primary N) is 1. The summed E-state index contributed by atoms with van der Waals surface area (Å²) >= 11 is 2.00. The number of anilines is 2. The summed E-state index contributed by atoms with van der Waals surface area (Å²) in [7, 11) is 1.37. The first-order chi connectivity index (χ1) is 9.01. The molecule has 0 saturated carbocycles. The Labute approximate surface area is 118 Å². The highest BCUT2D eigenvalue weighted by atomic mass is 32.2. The third-order valence-electron chi connectivity index (χ3n) is 3.23. The van der Waals surface area contributed by atoms with Crippen LogP contribution in [0.1, 0.15) is 24.2 Å². The predicted octanol–water partition coefficient (Wildman–Crippen LogP) is 2.39. The molecule has 2 rings (SSSR count). The summed E-state index contributed by atoms with van der Waals surface area (Å²) < 4.78 is 4.76. The maximum Gasteiger partial charge on any atom is 0.340 e. The van der Waals surface area contributed by atoms with E-state index in [4.69, 9.17) is 10.5 Å². The van der Waals surface area contributed by atoms with Gasteiger partial charge in [-0.25, -0.2) is 4.79 Å². The van der Waals surface area contributed by atoms with Crippen molar-refractivity contribution in [2.45, 2.75) is 24.3 Å². The molecule has 2 N–H and O–H groups in total. The number of rotatable bonds is 2. The molecule has 1 aromatic carbocycles. The molecule has 0 bridgehead atoms. The van der Waals surface area contributed by atoms with Crippen molar-refractivity contribution in [3.8, 4) is 0 Å². The normalized spacial score (nSPS) is 23.2. The lowest BCUT2D eigenvalue weighted by Gasteiger charge is -2.36. The van der Waals surface area contributed by atoms with Gasteiger partial charge in [0.25, 0.3) is 0 Å². The van der Waals surface area contributed by atoms with Gasteiger partial charge < -0.3 is 15.4 Å². The van der Waals surface area contributed by atoms with Crippen molar-refractivity contribution in [3.63, 3.8) is 0 Å². The minimum absolute atomic E-state index is 0.383. The van der Waals surface area contributed by atoms with Gasteiger partial charge in [0.2, 0.25) is 0 Å². The second-order valence-corrected chi connectivity index (χ2v) is 6.81. The monoisotopic (exact) mass is 280 g/mol. The van der Waals surface area contributed by atoms with E-state index < -0.39 is 0 Å². The fourth-order valence-corrected chi connectivity index (χ4v) is 3.74. The van der Waals surface area contributed by atoms with Crippen LogP contribution < -0.4 is 10.6 Å². The summed E-state index contributed by atoms with van der Waals surface area (Å²) in [5.41, 5.74) is 7.77. The predicted molar refractivity (Wildman–Crippen MR) is 80.9 cm³/mol. The van der Waals surface area contributed by atoms with Crippen molar-refractivity contribution < 1.29 is 9.53 Å². The van der Waals surface area contributed by atoms with Crippen LogP contribution in [0.4, 0.5) is 11.4 Å². The number of carbonyl (C=O) groups is 1. The largest absolute Gasteiger partial charge is 0.465 e. The molecule has 0 aromatic heterocycles. The first-order valence-corrected chi connectivity index (χ1v) is 7.33. The van der Waals surface area contributed by atoms with Crippen molar-refractivity contribution >= 4 is 29.1 Å². The Morgan fingerprint density at radius 1 is 1.37 bits per heavy atom. The van der Waals surface area contributed by atoms with Gasteiger partial charge in [0.05, 0.1) is 12.7 Å². The van der Waals surface area contributed by atoms with E-state index in [1.807, 2.05) is 23.9 Å². The molecule has 0 spiro atoms. The molecule has 1 aromatic rings. The van der Waals surface area contributed by atoms with Gasteiger partial charge in [-0.15, -0.1) is 0 Å². The highest BCUT2D eigenvalue weighted by molar-refractivity contribution is 8.00. The molecule has 2 unspecified atom stereocenters. The first-order valence-electron chi connectivity index (χ1n) is 6.39. The number of hydrogen-bond acceptors (Lipinski definition) is 5. The molecular formula is C14H20N2O2S. The number of benzene rings is 1. The Morgan fingerprint density at radius 2 is 2.00 bits per heavy atom. The standard InChI is InChI=1S/C14H20N2O2S/c1-9-7-16(8-10(2)19-9)11-4-5-13(15)12(6-11)14(17)18-3/h4-6,9-10H,7-8,15H2,1-3H3. The van der Waals surface area contributed by atoms with Gasteiger partial charge in [-0.1, -0.05) is 13.8 Å². The minimum Gasteiger partial charge on any atom is -0.465 e. The molecular weight excluding hydrogens is 260 g/mol. The number of nitrogen functional groups attached to an aromatic ring is 1. The Balaban J connectivity index is 2.27. The summed E-state index contributed by atoms with van der Waals surface area (Å²) in [6, 6.07) is 5.58. The SMILES string of the molecule is COC(=O)c1cc(N2CC(C)SC(C)C2)ccc1N. The van der Waals surface area contributed by atoms with Gasteiger partial charge >= 0.3 is 5.97 Å². The van der Waals surface area contributed by atoms with E-state index in [1.165, 1.54) is 7.11 Å². The summed E-state index contributed by atoms with van der Waals surface area (Å²) in [6.07, 6.45) is 0. The number of methoxy groups -OCH3 is 1. The molecule has 0 radical (unpaired) electrons. The average molecular weight is 280 g/mol. The van der Waals surface area contributed by atoms with Crippen LogP contribution >= 0.6 is 11.8 Å².